The number of amides is 1. The second-order valence-electron chi connectivity index (χ2n) is 9.26. The lowest BCUT2D eigenvalue weighted by molar-refractivity contribution is 0.0123. The van der Waals surface area contributed by atoms with Crippen molar-refractivity contribution < 1.29 is 13.9 Å². The third kappa shape index (κ3) is 2.89. The zero-order chi connectivity index (χ0) is 19.7. The number of hydrogen-bond donors (Lipinski definition) is 1. The van der Waals surface area contributed by atoms with Crippen molar-refractivity contribution in [2.75, 3.05) is 18.0 Å². The molecule has 0 aromatic carbocycles. The van der Waals surface area contributed by atoms with Crippen molar-refractivity contribution in [3.05, 3.63) is 18.1 Å². The zero-order valence-corrected chi connectivity index (χ0v) is 16.5. The lowest BCUT2D eigenvalue weighted by Gasteiger charge is -2.42. The van der Waals surface area contributed by atoms with Crippen molar-refractivity contribution in [1.82, 2.24) is 19.9 Å². The summed E-state index contributed by atoms with van der Waals surface area (Å²) < 4.78 is 20.1. The number of nitrogens with one attached hydrogen (secondary N) is 1. The molecule has 2 bridgehead atoms. The van der Waals surface area contributed by atoms with Gasteiger partial charge in [0, 0.05) is 19.3 Å². The van der Waals surface area contributed by atoms with Gasteiger partial charge in [-0.25, -0.2) is 19.2 Å². The Labute approximate surface area is 163 Å². The van der Waals surface area contributed by atoms with Gasteiger partial charge < -0.3 is 14.6 Å². The molecule has 8 heteroatoms. The molecule has 0 spiro atoms. The van der Waals surface area contributed by atoms with Gasteiger partial charge in [-0.3, -0.25) is 4.90 Å². The molecule has 2 saturated heterocycles. The Hall–Kier alpha value is -2.38. The van der Waals surface area contributed by atoms with E-state index >= 15 is 0 Å². The third-order valence-electron chi connectivity index (χ3n) is 5.91. The number of nitrogens with zero attached hydrogens (tertiary/aromatic N) is 4. The van der Waals surface area contributed by atoms with Gasteiger partial charge in [0.05, 0.1) is 17.8 Å². The number of piperazine rings is 1. The fourth-order valence-corrected chi connectivity index (χ4v) is 4.43. The third-order valence-corrected chi connectivity index (χ3v) is 5.91. The minimum atomic E-state index is -1.31. The number of H-pyrrole nitrogens is 1. The van der Waals surface area contributed by atoms with E-state index in [1.54, 1.807) is 6.20 Å². The number of carbonyl (C=O) groups excluding carboxylic acids is 1. The standard InChI is InChI=1S/C20H26FN5O2/c1-19(2,3)28-18(27)26-12-4-5-13(26)11-25(10-12)14-6-9-22-16-15(14)23-17(24-16)20(21)7-8-20/h6,9,12-13H,4-5,7-8,10-11H2,1-3H3,(H,22,23,24). The molecule has 2 aliphatic heterocycles. The van der Waals surface area contributed by atoms with Crippen LogP contribution in [0.25, 0.3) is 11.2 Å². The Kier molecular flexibility index (Phi) is 3.67. The van der Waals surface area contributed by atoms with Gasteiger partial charge in [0.1, 0.15) is 16.9 Å². The predicted molar refractivity (Wildman–Crippen MR) is 103 cm³/mol. The largest absolute Gasteiger partial charge is 0.444 e. The molecule has 3 fully saturated rings. The molecule has 1 saturated carbocycles. The highest BCUT2D eigenvalue weighted by Gasteiger charge is 2.48. The first-order valence-corrected chi connectivity index (χ1v) is 10.0. The summed E-state index contributed by atoms with van der Waals surface area (Å²) in [5.41, 5.74) is 0.507. The van der Waals surface area contributed by atoms with Crippen molar-refractivity contribution >= 4 is 22.9 Å². The number of aromatic nitrogens is 3. The molecule has 2 aromatic heterocycles. The van der Waals surface area contributed by atoms with Gasteiger partial charge in [-0.05, 0) is 52.5 Å². The first-order chi connectivity index (χ1) is 13.2. The van der Waals surface area contributed by atoms with Gasteiger partial charge in [-0.1, -0.05) is 0 Å². The maximum Gasteiger partial charge on any atom is 0.410 e. The van der Waals surface area contributed by atoms with Gasteiger partial charge in [0.25, 0.3) is 0 Å². The molecule has 28 heavy (non-hydrogen) atoms. The predicted octanol–water partition coefficient (Wildman–Crippen LogP) is 3.50. The van der Waals surface area contributed by atoms with Crippen LogP contribution in [0, 0.1) is 0 Å². The monoisotopic (exact) mass is 387 g/mol. The van der Waals surface area contributed by atoms with Crippen LogP contribution in [0.5, 0.6) is 0 Å². The molecule has 1 amide bonds. The van der Waals surface area contributed by atoms with Gasteiger partial charge in [0.2, 0.25) is 0 Å². The second kappa shape index (κ2) is 5.81. The summed E-state index contributed by atoms with van der Waals surface area (Å²) >= 11 is 0. The lowest BCUT2D eigenvalue weighted by atomic mass is 10.1. The highest BCUT2D eigenvalue weighted by atomic mass is 19.1. The quantitative estimate of drug-likeness (QED) is 0.854. The number of alkyl halides is 1. The Balaban J connectivity index is 1.41. The summed E-state index contributed by atoms with van der Waals surface area (Å²) in [5.74, 6) is 0.387. The molecule has 5 rings (SSSR count). The van der Waals surface area contributed by atoms with E-state index in [9.17, 15) is 9.18 Å². The van der Waals surface area contributed by atoms with E-state index in [4.69, 9.17) is 4.74 Å². The second-order valence-corrected chi connectivity index (χ2v) is 9.26. The molecule has 2 unspecified atom stereocenters. The summed E-state index contributed by atoms with van der Waals surface area (Å²) in [5, 5.41) is 0. The first kappa shape index (κ1) is 17.7. The normalized spacial score (nSPS) is 26.0. The first-order valence-electron chi connectivity index (χ1n) is 10.0. The highest BCUT2D eigenvalue weighted by molar-refractivity contribution is 5.86. The molecule has 7 nitrogen and oxygen atoms in total. The van der Waals surface area contributed by atoms with Crippen molar-refractivity contribution in [3.63, 3.8) is 0 Å². The van der Waals surface area contributed by atoms with Crippen LogP contribution in [0.15, 0.2) is 12.3 Å². The van der Waals surface area contributed by atoms with E-state index < -0.39 is 11.3 Å². The van der Waals surface area contributed by atoms with Crippen LogP contribution in [0.4, 0.5) is 14.9 Å². The van der Waals surface area contributed by atoms with E-state index in [0.29, 0.717) is 24.3 Å². The number of anilines is 1. The number of rotatable bonds is 2. The molecule has 1 N–H and O–H groups in total. The van der Waals surface area contributed by atoms with Crippen molar-refractivity contribution in [1.29, 1.82) is 0 Å². The van der Waals surface area contributed by atoms with Crippen LogP contribution in [-0.4, -0.2) is 56.7 Å². The molecule has 1 aliphatic carbocycles. The number of halogens is 1. The minimum Gasteiger partial charge on any atom is -0.444 e. The van der Waals surface area contributed by atoms with Crippen molar-refractivity contribution in [2.24, 2.45) is 0 Å². The molecule has 2 atom stereocenters. The maximum atomic E-state index is 14.5. The maximum absolute atomic E-state index is 14.5. The topological polar surface area (TPSA) is 74.3 Å². The summed E-state index contributed by atoms with van der Waals surface area (Å²) in [7, 11) is 0. The summed E-state index contributed by atoms with van der Waals surface area (Å²) in [6.07, 6.45) is 4.47. The van der Waals surface area contributed by atoms with Crippen molar-refractivity contribution in [2.45, 2.75) is 69.8 Å². The van der Waals surface area contributed by atoms with Crippen LogP contribution in [0.2, 0.25) is 0 Å². The van der Waals surface area contributed by atoms with E-state index in [1.165, 1.54) is 0 Å². The highest BCUT2D eigenvalue weighted by Crippen LogP contribution is 2.49. The van der Waals surface area contributed by atoms with E-state index in [1.807, 2.05) is 31.7 Å². The molecule has 150 valence electrons. The van der Waals surface area contributed by atoms with Gasteiger partial charge in [0.15, 0.2) is 11.3 Å². The average molecular weight is 387 g/mol. The van der Waals surface area contributed by atoms with Crippen LogP contribution in [0.3, 0.4) is 0 Å². The van der Waals surface area contributed by atoms with E-state index in [-0.39, 0.29) is 18.2 Å². The van der Waals surface area contributed by atoms with Gasteiger partial charge in [-0.15, -0.1) is 0 Å². The van der Waals surface area contributed by atoms with E-state index in [0.717, 1.165) is 37.1 Å². The van der Waals surface area contributed by atoms with Crippen LogP contribution >= 0.6 is 0 Å². The SMILES string of the molecule is CC(C)(C)OC(=O)N1C2CCC1CN(c1ccnc3nc(C4(F)CC4)[nH]c13)C2. The molecule has 3 aliphatic rings. The Morgan fingerprint density at radius 3 is 2.57 bits per heavy atom. The number of imidazole rings is 1. The summed E-state index contributed by atoms with van der Waals surface area (Å²) in [6, 6.07) is 2.19. The number of pyridine rings is 1. The Morgan fingerprint density at radius 1 is 1.29 bits per heavy atom. The minimum absolute atomic E-state index is 0.121. The average Bonchev–Trinajstić information content (AvgIpc) is 3.10. The fourth-order valence-electron chi connectivity index (χ4n) is 4.43. The number of carbonyl (C=O) groups is 1. The van der Waals surface area contributed by atoms with Gasteiger partial charge >= 0.3 is 6.09 Å². The molecule has 2 aromatic rings. The molecular weight excluding hydrogens is 361 g/mol. The molecule has 4 heterocycles. The van der Waals surface area contributed by atoms with E-state index in [2.05, 4.69) is 19.9 Å². The number of ether oxygens (including phenoxy) is 1. The van der Waals surface area contributed by atoms with Crippen molar-refractivity contribution in [3.8, 4) is 0 Å². The van der Waals surface area contributed by atoms with Gasteiger partial charge in [-0.2, -0.15) is 0 Å². The Bertz CT molecular complexity index is 918. The number of aromatic amines is 1. The fraction of sp³-hybridized carbons (Fsp3) is 0.650. The number of hydrogen-bond acceptors (Lipinski definition) is 5. The zero-order valence-electron chi connectivity index (χ0n) is 16.5. The summed E-state index contributed by atoms with van der Waals surface area (Å²) in [4.78, 5) is 28.7. The summed E-state index contributed by atoms with van der Waals surface area (Å²) in [6.45, 7) is 7.13. The Morgan fingerprint density at radius 2 is 1.96 bits per heavy atom. The number of fused-ring (bicyclic) bond motifs is 3. The van der Waals surface area contributed by atoms with Crippen LogP contribution < -0.4 is 4.90 Å². The smallest absolute Gasteiger partial charge is 0.410 e. The lowest BCUT2D eigenvalue weighted by Crippen LogP contribution is -2.56. The van der Waals surface area contributed by atoms with Crippen LogP contribution in [-0.2, 0) is 10.4 Å². The van der Waals surface area contributed by atoms with Crippen LogP contribution in [0.1, 0.15) is 52.3 Å². The molecule has 0 radical (unpaired) electrons. The molecular formula is C20H26FN5O2.